The lowest BCUT2D eigenvalue weighted by Gasteiger charge is -2.24. The van der Waals surface area contributed by atoms with E-state index >= 15 is 0 Å². The molecule has 1 aromatic heterocycles. The Bertz CT molecular complexity index is 407. The van der Waals surface area contributed by atoms with Gasteiger partial charge in [-0.05, 0) is 32.9 Å². The summed E-state index contributed by atoms with van der Waals surface area (Å²) >= 11 is 0. The Morgan fingerprint density at radius 3 is 2.84 bits per heavy atom. The molecule has 1 heterocycles. The van der Waals surface area contributed by atoms with Gasteiger partial charge in [0.05, 0.1) is 6.61 Å². The summed E-state index contributed by atoms with van der Waals surface area (Å²) in [6, 6.07) is 2.10. The third-order valence-electron chi connectivity index (χ3n) is 3.00. The molecule has 0 aliphatic rings. The standard InChI is InChI=1S/C14H22N2O3/c1-4-16(11(2)3)8-5-9-19-13-6-7-15-10-12(13)14(17)18/h6-7,10-11H,4-5,8-9H2,1-3H3,(H,17,18). The molecule has 1 N–H and O–H groups in total. The van der Waals surface area contributed by atoms with Crippen molar-refractivity contribution in [1.29, 1.82) is 0 Å². The van der Waals surface area contributed by atoms with E-state index in [1.807, 2.05) is 0 Å². The highest BCUT2D eigenvalue weighted by atomic mass is 16.5. The third kappa shape index (κ3) is 4.87. The summed E-state index contributed by atoms with van der Waals surface area (Å²) in [5.74, 6) is -0.629. The maximum absolute atomic E-state index is 11.0. The van der Waals surface area contributed by atoms with Crippen molar-refractivity contribution in [3.63, 3.8) is 0 Å². The number of hydrogen-bond donors (Lipinski definition) is 1. The van der Waals surface area contributed by atoms with Gasteiger partial charge in [-0.3, -0.25) is 4.98 Å². The van der Waals surface area contributed by atoms with Crippen LogP contribution in [0.3, 0.4) is 0 Å². The summed E-state index contributed by atoms with van der Waals surface area (Å²) in [6.07, 6.45) is 3.71. The smallest absolute Gasteiger partial charge is 0.341 e. The number of hydrogen-bond acceptors (Lipinski definition) is 4. The van der Waals surface area contributed by atoms with Crippen LogP contribution < -0.4 is 4.74 Å². The molecule has 0 aliphatic heterocycles. The summed E-state index contributed by atoms with van der Waals surface area (Å²) in [5.41, 5.74) is 0.110. The molecular weight excluding hydrogens is 244 g/mol. The van der Waals surface area contributed by atoms with E-state index in [2.05, 4.69) is 30.7 Å². The second-order valence-corrected chi connectivity index (χ2v) is 4.60. The van der Waals surface area contributed by atoms with Crippen molar-refractivity contribution in [3.05, 3.63) is 24.0 Å². The largest absolute Gasteiger partial charge is 0.493 e. The normalized spacial score (nSPS) is 11.0. The second kappa shape index (κ2) is 7.74. The van der Waals surface area contributed by atoms with Gasteiger partial charge in [-0.1, -0.05) is 6.92 Å². The molecule has 0 saturated heterocycles. The third-order valence-corrected chi connectivity index (χ3v) is 3.00. The Kier molecular flexibility index (Phi) is 6.29. The molecular formula is C14H22N2O3. The molecule has 1 rings (SSSR count). The zero-order valence-corrected chi connectivity index (χ0v) is 11.8. The maximum atomic E-state index is 11.0. The fraction of sp³-hybridized carbons (Fsp3) is 0.571. The Balaban J connectivity index is 2.43. The van der Waals surface area contributed by atoms with E-state index in [9.17, 15) is 4.79 Å². The van der Waals surface area contributed by atoms with Crippen LogP contribution in [-0.4, -0.2) is 46.7 Å². The van der Waals surface area contributed by atoms with Crippen molar-refractivity contribution in [2.45, 2.75) is 33.2 Å². The van der Waals surface area contributed by atoms with Crippen LogP contribution in [0.25, 0.3) is 0 Å². The van der Waals surface area contributed by atoms with Crippen molar-refractivity contribution in [2.24, 2.45) is 0 Å². The van der Waals surface area contributed by atoms with Crippen LogP contribution in [0.15, 0.2) is 18.5 Å². The van der Waals surface area contributed by atoms with Gasteiger partial charge in [0, 0.05) is 25.0 Å². The molecule has 19 heavy (non-hydrogen) atoms. The van der Waals surface area contributed by atoms with Crippen LogP contribution in [0.5, 0.6) is 5.75 Å². The Hall–Kier alpha value is -1.62. The average Bonchev–Trinajstić information content (AvgIpc) is 2.38. The molecule has 0 atom stereocenters. The van der Waals surface area contributed by atoms with Gasteiger partial charge in [0.15, 0.2) is 0 Å². The number of ether oxygens (including phenoxy) is 1. The van der Waals surface area contributed by atoms with E-state index in [0.29, 0.717) is 18.4 Å². The van der Waals surface area contributed by atoms with E-state index in [1.54, 1.807) is 6.07 Å². The van der Waals surface area contributed by atoms with Crippen molar-refractivity contribution in [2.75, 3.05) is 19.7 Å². The summed E-state index contributed by atoms with van der Waals surface area (Å²) in [6.45, 7) is 8.92. The van der Waals surface area contributed by atoms with E-state index in [-0.39, 0.29) is 5.56 Å². The second-order valence-electron chi connectivity index (χ2n) is 4.60. The van der Waals surface area contributed by atoms with Crippen LogP contribution in [0.1, 0.15) is 37.6 Å². The number of carboxylic acid groups (broad SMARTS) is 1. The van der Waals surface area contributed by atoms with Gasteiger partial charge in [0.25, 0.3) is 0 Å². The lowest BCUT2D eigenvalue weighted by molar-refractivity contribution is 0.0691. The van der Waals surface area contributed by atoms with E-state index < -0.39 is 5.97 Å². The van der Waals surface area contributed by atoms with E-state index in [1.165, 1.54) is 12.4 Å². The van der Waals surface area contributed by atoms with Gasteiger partial charge in [0.2, 0.25) is 0 Å². The number of pyridine rings is 1. The van der Waals surface area contributed by atoms with Crippen LogP contribution in [0.2, 0.25) is 0 Å². The topological polar surface area (TPSA) is 62.7 Å². The lowest BCUT2D eigenvalue weighted by Crippen LogP contribution is -2.32. The Labute approximate surface area is 114 Å². The maximum Gasteiger partial charge on any atom is 0.341 e. The number of nitrogens with zero attached hydrogens (tertiary/aromatic N) is 2. The average molecular weight is 266 g/mol. The Morgan fingerprint density at radius 2 is 2.26 bits per heavy atom. The molecule has 0 fully saturated rings. The fourth-order valence-electron chi connectivity index (χ4n) is 1.90. The molecule has 5 heteroatoms. The van der Waals surface area contributed by atoms with Gasteiger partial charge in [-0.15, -0.1) is 0 Å². The first-order chi connectivity index (χ1) is 9.06. The molecule has 0 aromatic carbocycles. The van der Waals surface area contributed by atoms with Gasteiger partial charge in [-0.2, -0.15) is 0 Å². The van der Waals surface area contributed by atoms with Gasteiger partial charge in [-0.25, -0.2) is 4.79 Å². The highest BCUT2D eigenvalue weighted by Crippen LogP contribution is 2.16. The summed E-state index contributed by atoms with van der Waals surface area (Å²) in [7, 11) is 0. The highest BCUT2D eigenvalue weighted by Gasteiger charge is 2.11. The van der Waals surface area contributed by atoms with Crippen molar-refractivity contribution in [1.82, 2.24) is 9.88 Å². The van der Waals surface area contributed by atoms with Crippen molar-refractivity contribution < 1.29 is 14.6 Å². The summed E-state index contributed by atoms with van der Waals surface area (Å²) in [4.78, 5) is 17.1. The zero-order valence-electron chi connectivity index (χ0n) is 11.8. The summed E-state index contributed by atoms with van der Waals surface area (Å²) in [5, 5.41) is 8.99. The molecule has 1 aromatic rings. The molecule has 0 unspecified atom stereocenters. The van der Waals surface area contributed by atoms with Crippen LogP contribution in [-0.2, 0) is 0 Å². The van der Waals surface area contributed by atoms with Crippen LogP contribution in [0.4, 0.5) is 0 Å². The highest BCUT2D eigenvalue weighted by molar-refractivity contribution is 5.90. The zero-order chi connectivity index (χ0) is 14.3. The first kappa shape index (κ1) is 15.4. The summed E-state index contributed by atoms with van der Waals surface area (Å²) < 4.78 is 5.53. The Morgan fingerprint density at radius 1 is 1.53 bits per heavy atom. The molecule has 0 bridgehead atoms. The number of rotatable bonds is 8. The van der Waals surface area contributed by atoms with E-state index in [0.717, 1.165) is 19.5 Å². The SMILES string of the molecule is CCN(CCCOc1ccncc1C(=O)O)C(C)C. The number of carboxylic acids is 1. The lowest BCUT2D eigenvalue weighted by atomic mass is 10.2. The quantitative estimate of drug-likeness (QED) is 0.731. The predicted octanol–water partition coefficient (Wildman–Crippen LogP) is 2.28. The van der Waals surface area contributed by atoms with Gasteiger partial charge in [0.1, 0.15) is 11.3 Å². The molecule has 5 nitrogen and oxygen atoms in total. The minimum absolute atomic E-state index is 0.110. The van der Waals surface area contributed by atoms with Crippen LogP contribution in [0, 0.1) is 0 Å². The van der Waals surface area contributed by atoms with Gasteiger partial charge >= 0.3 is 5.97 Å². The van der Waals surface area contributed by atoms with Crippen molar-refractivity contribution >= 4 is 5.97 Å². The number of carbonyl (C=O) groups is 1. The minimum Gasteiger partial charge on any atom is -0.493 e. The first-order valence-corrected chi connectivity index (χ1v) is 6.60. The van der Waals surface area contributed by atoms with Crippen LogP contribution >= 0.6 is 0 Å². The molecule has 0 spiro atoms. The molecule has 0 aliphatic carbocycles. The van der Waals surface area contributed by atoms with Gasteiger partial charge < -0.3 is 14.7 Å². The molecule has 0 amide bonds. The number of aromatic carboxylic acids is 1. The predicted molar refractivity (Wildman–Crippen MR) is 73.7 cm³/mol. The first-order valence-electron chi connectivity index (χ1n) is 6.60. The molecule has 0 saturated carbocycles. The minimum atomic E-state index is -1.01. The molecule has 0 radical (unpaired) electrons. The van der Waals surface area contributed by atoms with E-state index in [4.69, 9.17) is 9.84 Å². The number of aromatic nitrogens is 1. The van der Waals surface area contributed by atoms with Crippen molar-refractivity contribution in [3.8, 4) is 5.75 Å². The monoisotopic (exact) mass is 266 g/mol. The molecule has 106 valence electrons. The fourth-order valence-corrected chi connectivity index (χ4v) is 1.90.